The second-order valence-corrected chi connectivity index (χ2v) is 9.36. The van der Waals surface area contributed by atoms with Crippen LogP contribution in [0.3, 0.4) is 0 Å². The summed E-state index contributed by atoms with van der Waals surface area (Å²) >= 11 is 1.82. The molecule has 3 aromatic rings. The Morgan fingerprint density at radius 1 is 1.12 bits per heavy atom. The lowest BCUT2D eigenvalue weighted by Gasteiger charge is -2.41. The van der Waals surface area contributed by atoms with Crippen molar-refractivity contribution in [3.63, 3.8) is 0 Å². The van der Waals surface area contributed by atoms with Crippen molar-refractivity contribution < 1.29 is 24.1 Å². The Morgan fingerprint density at radius 2 is 1.94 bits per heavy atom. The molecule has 0 unspecified atom stereocenters. The molecule has 0 spiro atoms. The average molecular weight is 452 g/mol. The van der Waals surface area contributed by atoms with Crippen molar-refractivity contribution in [3.8, 4) is 16.3 Å². The van der Waals surface area contributed by atoms with Crippen LogP contribution in [-0.2, 0) is 39.3 Å². The predicted molar refractivity (Wildman–Crippen MR) is 121 cm³/mol. The third kappa shape index (κ3) is 4.41. The Balaban J connectivity index is 1.24. The molecule has 7 heteroatoms. The topological polar surface area (TPSA) is 77.9 Å². The van der Waals surface area contributed by atoms with Gasteiger partial charge in [0.15, 0.2) is 0 Å². The Labute approximate surface area is 190 Å². The van der Waals surface area contributed by atoms with E-state index in [1.807, 2.05) is 35.6 Å². The van der Waals surface area contributed by atoms with Gasteiger partial charge in [0.25, 0.3) is 0 Å². The van der Waals surface area contributed by atoms with Gasteiger partial charge >= 0.3 is 5.97 Å². The summed E-state index contributed by atoms with van der Waals surface area (Å²) in [4.78, 5) is 17.2. The minimum atomic E-state index is -0.989. The molecular weight excluding hydrogens is 426 g/mol. The van der Waals surface area contributed by atoms with Gasteiger partial charge in [0, 0.05) is 10.4 Å². The van der Waals surface area contributed by atoms with Gasteiger partial charge in [-0.3, -0.25) is 0 Å². The molecule has 0 bridgehead atoms. The van der Waals surface area contributed by atoms with Gasteiger partial charge in [-0.15, -0.1) is 11.3 Å². The lowest BCUT2D eigenvalue weighted by molar-refractivity contribution is -0.220. The number of aromatic nitrogens is 1. The number of ether oxygens (including phenoxy) is 3. The van der Waals surface area contributed by atoms with E-state index in [9.17, 15) is 4.79 Å². The molecule has 2 aromatic carbocycles. The van der Waals surface area contributed by atoms with E-state index in [-0.39, 0.29) is 6.61 Å². The second kappa shape index (κ2) is 9.02. The Kier molecular flexibility index (Phi) is 5.95. The van der Waals surface area contributed by atoms with Crippen LogP contribution in [0.5, 0.6) is 5.75 Å². The van der Waals surface area contributed by atoms with E-state index < -0.39 is 11.6 Å². The monoisotopic (exact) mass is 451 g/mol. The number of thiazole rings is 1. The van der Waals surface area contributed by atoms with E-state index >= 15 is 0 Å². The van der Waals surface area contributed by atoms with Crippen LogP contribution in [0.2, 0.25) is 0 Å². The van der Waals surface area contributed by atoms with Crippen LogP contribution in [0.1, 0.15) is 34.5 Å². The first-order chi connectivity index (χ1) is 15.6. The zero-order chi connectivity index (χ0) is 22.0. The predicted octanol–water partition coefficient (Wildman–Crippen LogP) is 4.59. The number of nitrogens with zero attached hydrogens (tertiary/aromatic N) is 1. The van der Waals surface area contributed by atoms with E-state index in [2.05, 4.69) is 24.3 Å². The number of hydrogen-bond acceptors (Lipinski definition) is 6. The maximum atomic E-state index is 10.9. The fourth-order valence-electron chi connectivity index (χ4n) is 4.11. The number of carboxylic acids is 1. The summed E-state index contributed by atoms with van der Waals surface area (Å²) in [6.45, 7) is 0.822. The lowest BCUT2D eigenvalue weighted by Crippen LogP contribution is -2.49. The van der Waals surface area contributed by atoms with E-state index in [0.29, 0.717) is 19.8 Å². The van der Waals surface area contributed by atoms with Gasteiger partial charge in [-0.25, -0.2) is 9.78 Å². The minimum Gasteiger partial charge on any atom is -0.489 e. The van der Waals surface area contributed by atoms with Gasteiger partial charge in [-0.1, -0.05) is 30.3 Å². The summed E-state index contributed by atoms with van der Waals surface area (Å²) in [5.74, 6) is -0.242. The number of fused-ring (bicyclic) bond motifs is 1. The first-order valence-corrected chi connectivity index (χ1v) is 11.7. The molecule has 5 rings (SSSR count). The van der Waals surface area contributed by atoms with Crippen molar-refractivity contribution in [1.29, 1.82) is 0 Å². The van der Waals surface area contributed by atoms with Crippen molar-refractivity contribution in [2.45, 2.75) is 37.9 Å². The highest BCUT2D eigenvalue weighted by Gasteiger charge is 2.42. The standard InChI is InChI=1S/C25H25NO5S/c27-23(28)14-31-25(15-29-16-25)19-8-10-20(11-9-19)30-13-17-4-3-5-18(12-17)24-26-21-6-1-2-7-22(21)32-24/h3-5,8-12H,1-2,6-7,13-16H2,(H,27,28). The molecule has 0 radical (unpaired) electrons. The summed E-state index contributed by atoms with van der Waals surface area (Å²) < 4.78 is 16.9. The van der Waals surface area contributed by atoms with Crippen LogP contribution < -0.4 is 4.74 Å². The molecule has 0 atom stereocenters. The number of carbonyl (C=O) groups is 1. The summed E-state index contributed by atoms with van der Waals surface area (Å²) in [6.07, 6.45) is 4.75. The van der Waals surface area contributed by atoms with E-state index in [1.54, 1.807) is 0 Å². The second-order valence-electron chi connectivity index (χ2n) is 8.28. The number of benzene rings is 2. The fraction of sp³-hybridized carbons (Fsp3) is 0.360. The molecule has 2 heterocycles. The molecule has 1 saturated heterocycles. The minimum absolute atomic E-state index is 0.347. The molecule has 32 heavy (non-hydrogen) atoms. The Hall–Kier alpha value is -2.74. The smallest absolute Gasteiger partial charge is 0.329 e. The molecule has 166 valence electrons. The number of aryl methyl sites for hydroxylation is 2. The molecule has 2 aliphatic rings. The van der Waals surface area contributed by atoms with Crippen molar-refractivity contribution in [2.75, 3.05) is 19.8 Å². The largest absolute Gasteiger partial charge is 0.489 e. The van der Waals surface area contributed by atoms with E-state index in [0.717, 1.165) is 40.3 Å². The molecule has 1 N–H and O–H groups in total. The zero-order valence-electron chi connectivity index (χ0n) is 17.7. The van der Waals surface area contributed by atoms with Gasteiger partial charge in [-0.2, -0.15) is 0 Å². The SMILES string of the molecule is O=C(O)COC1(c2ccc(OCc3cccc(-c4nc5c(s4)CCCC5)c3)cc2)COC1. The van der Waals surface area contributed by atoms with Crippen molar-refractivity contribution >= 4 is 17.3 Å². The third-order valence-corrected chi connectivity index (χ3v) is 7.15. The maximum Gasteiger partial charge on any atom is 0.329 e. The molecule has 1 aromatic heterocycles. The fourth-order valence-corrected chi connectivity index (χ4v) is 5.26. The third-order valence-electron chi connectivity index (χ3n) is 5.95. The van der Waals surface area contributed by atoms with Gasteiger partial charge in [0.05, 0.1) is 18.9 Å². The highest BCUT2D eigenvalue weighted by Crippen LogP contribution is 2.35. The zero-order valence-corrected chi connectivity index (χ0v) is 18.5. The van der Waals surface area contributed by atoms with Gasteiger partial charge in [-0.05, 0) is 55.0 Å². The van der Waals surface area contributed by atoms with Crippen LogP contribution in [-0.4, -0.2) is 35.9 Å². The molecule has 0 saturated carbocycles. The van der Waals surface area contributed by atoms with E-state index in [4.69, 9.17) is 24.3 Å². The van der Waals surface area contributed by atoms with Gasteiger partial charge in [0.2, 0.25) is 0 Å². The highest BCUT2D eigenvalue weighted by molar-refractivity contribution is 7.15. The molecule has 0 amide bonds. The summed E-state index contributed by atoms with van der Waals surface area (Å²) in [5.41, 5.74) is 3.72. The van der Waals surface area contributed by atoms with Crippen molar-refractivity contribution in [3.05, 3.63) is 70.2 Å². The lowest BCUT2D eigenvalue weighted by atomic mass is 9.91. The van der Waals surface area contributed by atoms with Crippen LogP contribution >= 0.6 is 11.3 Å². The van der Waals surface area contributed by atoms with Crippen LogP contribution in [0.4, 0.5) is 0 Å². The maximum absolute atomic E-state index is 10.9. The summed E-state index contributed by atoms with van der Waals surface area (Å²) in [7, 11) is 0. The van der Waals surface area contributed by atoms with E-state index in [1.165, 1.54) is 23.4 Å². The van der Waals surface area contributed by atoms with Crippen LogP contribution in [0, 0.1) is 0 Å². The normalized spacial score (nSPS) is 16.8. The number of carboxylic acid groups (broad SMARTS) is 1. The molecule has 1 aliphatic heterocycles. The molecular formula is C25H25NO5S. The summed E-state index contributed by atoms with van der Waals surface area (Å²) in [6, 6.07) is 16.0. The van der Waals surface area contributed by atoms with Crippen LogP contribution in [0.25, 0.3) is 10.6 Å². The first-order valence-electron chi connectivity index (χ1n) is 10.9. The summed E-state index contributed by atoms with van der Waals surface area (Å²) in [5, 5.41) is 10.0. The molecule has 1 fully saturated rings. The van der Waals surface area contributed by atoms with Crippen molar-refractivity contribution in [2.24, 2.45) is 0 Å². The quantitative estimate of drug-likeness (QED) is 0.540. The molecule has 6 nitrogen and oxygen atoms in total. The van der Waals surface area contributed by atoms with Gasteiger partial charge < -0.3 is 19.3 Å². The molecule has 1 aliphatic carbocycles. The number of rotatable bonds is 8. The Morgan fingerprint density at radius 3 is 2.66 bits per heavy atom. The van der Waals surface area contributed by atoms with Crippen molar-refractivity contribution in [1.82, 2.24) is 4.98 Å². The first kappa shape index (κ1) is 21.1. The number of aliphatic carboxylic acids is 1. The van der Waals surface area contributed by atoms with Gasteiger partial charge in [0.1, 0.15) is 29.6 Å². The highest BCUT2D eigenvalue weighted by atomic mass is 32.1. The number of hydrogen-bond donors (Lipinski definition) is 1. The average Bonchev–Trinajstić information content (AvgIpc) is 3.22. The Bertz CT molecular complexity index is 1080. The van der Waals surface area contributed by atoms with Crippen LogP contribution in [0.15, 0.2) is 48.5 Å².